The lowest BCUT2D eigenvalue weighted by Crippen LogP contribution is -2.12. The molecule has 0 aliphatic heterocycles. The van der Waals surface area contributed by atoms with E-state index < -0.39 is 0 Å². The molecule has 4 nitrogen and oxygen atoms in total. The van der Waals surface area contributed by atoms with E-state index in [0.717, 1.165) is 11.1 Å². The maximum Gasteiger partial charge on any atom is 0.166 e. The molecule has 0 aliphatic carbocycles. The number of halogens is 2. The van der Waals surface area contributed by atoms with Crippen molar-refractivity contribution in [3.63, 3.8) is 0 Å². The first-order valence-corrected chi connectivity index (χ1v) is 8.33. The maximum absolute atomic E-state index is 14.1. The van der Waals surface area contributed by atoms with E-state index in [2.05, 4.69) is 35.8 Å². The molecule has 0 N–H and O–H groups in total. The molecule has 0 saturated heterocycles. The average Bonchev–Trinajstić information content (AvgIpc) is 3.00. The van der Waals surface area contributed by atoms with Gasteiger partial charge in [0.05, 0.1) is 5.69 Å². The van der Waals surface area contributed by atoms with Gasteiger partial charge in [0.2, 0.25) is 0 Å². The molecular formula is C19H16ClFN4. The van der Waals surface area contributed by atoms with Crippen molar-refractivity contribution >= 4 is 28.3 Å². The van der Waals surface area contributed by atoms with Gasteiger partial charge in [-0.25, -0.2) is 14.4 Å². The van der Waals surface area contributed by atoms with E-state index in [-0.39, 0.29) is 16.4 Å². The minimum absolute atomic E-state index is 0.100. The van der Waals surface area contributed by atoms with E-state index in [1.54, 1.807) is 35.0 Å². The summed E-state index contributed by atoms with van der Waals surface area (Å²) >= 11 is 6.37. The average molecular weight is 355 g/mol. The van der Waals surface area contributed by atoms with Crippen LogP contribution in [0.3, 0.4) is 0 Å². The van der Waals surface area contributed by atoms with Crippen molar-refractivity contribution in [1.82, 2.24) is 19.6 Å². The smallest absolute Gasteiger partial charge is 0.166 e. The van der Waals surface area contributed by atoms with E-state index in [0.29, 0.717) is 22.4 Å². The second-order valence-corrected chi connectivity index (χ2v) is 7.39. The third kappa shape index (κ3) is 2.65. The van der Waals surface area contributed by atoms with Gasteiger partial charge >= 0.3 is 0 Å². The molecule has 0 saturated carbocycles. The van der Waals surface area contributed by atoms with Crippen LogP contribution in [0.5, 0.6) is 0 Å². The third-order valence-corrected chi connectivity index (χ3v) is 4.43. The Hall–Kier alpha value is -2.53. The molecule has 0 radical (unpaired) electrons. The Labute approximate surface area is 149 Å². The van der Waals surface area contributed by atoms with Crippen LogP contribution in [0.15, 0.2) is 42.6 Å². The molecule has 6 heteroatoms. The summed E-state index contributed by atoms with van der Waals surface area (Å²) in [7, 11) is 0. The fraction of sp³-hybridized carbons (Fsp3) is 0.211. The molecule has 126 valence electrons. The molecule has 3 heterocycles. The molecule has 0 aliphatic rings. The molecule has 0 fully saturated rings. The maximum atomic E-state index is 14.1. The van der Waals surface area contributed by atoms with Crippen LogP contribution in [0.2, 0.25) is 5.15 Å². The van der Waals surface area contributed by atoms with E-state index in [1.807, 2.05) is 6.07 Å². The number of nitrogens with zero attached hydrogens (tertiary/aromatic N) is 4. The van der Waals surface area contributed by atoms with Crippen LogP contribution in [-0.2, 0) is 5.41 Å². The Morgan fingerprint density at radius 2 is 1.84 bits per heavy atom. The lowest BCUT2D eigenvalue weighted by atomic mass is 9.93. The molecule has 25 heavy (non-hydrogen) atoms. The SMILES string of the molecule is CC(C)(C)c1cc2ncc3cc(-c4ccccc4F)c(Cl)nc3n2n1. The van der Waals surface area contributed by atoms with Crippen molar-refractivity contribution in [3.05, 3.63) is 59.3 Å². The van der Waals surface area contributed by atoms with Gasteiger partial charge in [-0.1, -0.05) is 50.6 Å². The monoisotopic (exact) mass is 354 g/mol. The summed E-state index contributed by atoms with van der Waals surface area (Å²) in [6.07, 6.45) is 1.71. The Kier molecular flexibility index (Phi) is 3.51. The molecule has 4 aromatic rings. The van der Waals surface area contributed by atoms with E-state index >= 15 is 0 Å². The molecule has 0 bridgehead atoms. The van der Waals surface area contributed by atoms with Crippen LogP contribution in [0.4, 0.5) is 4.39 Å². The second-order valence-electron chi connectivity index (χ2n) is 7.03. The molecule has 0 amide bonds. The van der Waals surface area contributed by atoms with Crippen LogP contribution in [0.1, 0.15) is 26.5 Å². The molecule has 3 aromatic heterocycles. The largest absolute Gasteiger partial charge is 0.236 e. The van der Waals surface area contributed by atoms with Gasteiger partial charge in [0, 0.05) is 34.2 Å². The predicted octanol–water partition coefficient (Wildman–Crippen LogP) is 5.03. The van der Waals surface area contributed by atoms with Crippen molar-refractivity contribution in [2.75, 3.05) is 0 Å². The Morgan fingerprint density at radius 1 is 1.08 bits per heavy atom. The number of fused-ring (bicyclic) bond motifs is 3. The van der Waals surface area contributed by atoms with Gasteiger partial charge in [0.15, 0.2) is 11.3 Å². The summed E-state index contributed by atoms with van der Waals surface area (Å²) in [6.45, 7) is 6.27. The highest BCUT2D eigenvalue weighted by molar-refractivity contribution is 6.32. The van der Waals surface area contributed by atoms with Gasteiger partial charge in [-0.2, -0.15) is 9.61 Å². The van der Waals surface area contributed by atoms with Crippen molar-refractivity contribution < 1.29 is 4.39 Å². The number of rotatable bonds is 1. The molecule has 4 rings (SSSR count). The van der Waals surface area contributed by atoms with Gasteiger partial charge < -0.3 is 0 Å². The summed E-state index contributed by atoms with van der Waals surface area (Å²) in [5, 5.41) is 5.62. The number of aromatic nitrogens is 4. The molecule has 0 atom stereocenters. The topological polar surface area (TPSA) is 43.1 Å². The van der Waals surface area contributed by atoms with Crippen molar-refractivity contribution in [2.45, 2.75) is 26.2 Å². The summed E-state index contributed by atoms with van der Waals surface area (Å²) in [4.78, 5) is 8.93. The summed E-state index contributed by atoms with van der Waals surface area (Å²) in [6, 6.07) is 10.2. The standard InChI is InChI=1S/C19H16ClFN4/c1-19(2,3)15-9-16-22-10-11-8-13(12-6-4-5-7-14(12)21)17(20)23-18(11)25(16)24-15/h4-10H,1-3H3. The highest BCUT2D eigenvalue weighted by Gasteiger charge is 2.20. The van der Waals surface area contributed by atoms with E-state index in [9.17, 15) is 4.39 Å². The fourth-order valence-electron chi connectivity index (χ4n) is 2.75. The highest BCUT2D eigenvalue weighted by Crippen LogP contribution is 2.32. The Balaban J connectivity index is 1.99. The lowest BCUT2D eigenvalue weighted by Gasteiger charge is -2.13. The van der Waals surface area contributed by atoms with Gasteiger partial charge in [-0.3, -0.25) is 0 Å². The second kappa shape index (κ2) is 5.49. The summed E-state index contributed by atoms with van der Waals surface area (Å²) in [5.74, 6) is -0.339. The summed E-state index contributed by atoms with van der Waals surface area (Å²) < 4.78 is 15.8. The van der Waals surface area contributed by atoms with Crippen LogP contribution < -0.4 is 0 Å². The van der Waals surface area contributed by atoms with Gasteiger partial charge in [0.25, 0.3) is 0 Å². The number of pyridine rings is 1. The normalized spacial score (nSPS) is 12.2. The zero-order valence-electron chi connectivity index (χ0n) is 14.1. The lowest BCUT2D eigenvalue weighted by molar-refractivity contribution is 0.563. The van der Waals surface area contributed by atoms with Crippen molar-refractivity contribution in [2.24, 2.45) is 0 Å². The summed E-state index contributed by atoms with van der Waals surface area (Å²) in [5.41, 5.74) is 3.08. The first kappa shape index (κ1) is 16.0. The van der Waals surface area contributed by atoms with Gasteiger partial charge in [0.1, 0.15) is 11.0 Å². The Morgan fingerprint density at radius 3 is 2.56 bits per heavy atom. The van der Waals surface area contributed by atoms with E-state index in [4.69, 9.17) is 11.6 Å². The molecule has 0 spiro atoms. The minimum atomic E-state index is -0.339. The minimum Gasteiger partial charge on any atom is -0.236 e. The fourth-order valence-corrected chi connectivity index (χ4v) is 2.99. The van der Waals surface area contributed by atoms with Crippen LogP contribution in [-0.4, -0.2) is 19.6 Å². The number of hydrogen-bond donors (Lipinski definition) is 0. The van der Waals surface area contributed by atoms with E-state index in [1.165, 1.54) is 6.07 Å². The molecule has 1 aromatic carbocycles. The molecular weight excluding hydrogens is 339 g/mol. The zero-order valence-corrected chi connectivity index (χ0v) is 14.8. The quantitative estimate of drug-likeness (QED) is 0.450. The number of benzene rings is 1. The van der Waals surface area contributed by atoms with Crippen molar-refractivity contribution in [1.29, 1.82) is 0 Å². The van der Waals surface area contributed by atoms with Crippen molar-refractivity contribution in [3.8, 4) is 11.1 Å². The zero-order chi connectivity index (χ0) is 17.8. The number of hydrogen-bond acceptors (Lipinski definition) is 3. The van der Waals surface area contributed by atoms with Gasteiger partial charge in [-0.15, -0.1) is 0 Å². The molecule has 0 unspecified atom stereocenters. The van der Waals surface area contributed by atoms with Crippen LogP contribution in [0.25, 0.3) is 27.8 Å². The highest BCUT2D eigenvalue weighted by atomic mass is 35.5. The third-order valence-electron chi connectivity index (χ3n) is 4.14. The first-order valence-electron chi connectivity index (χ1n) is 7.95. The first-order chi connectivity index (χ1) is 11.8. The van der Waals surface area contributed by atoms with Crippen LogP contribution >= 0.6 is 11.6 Å². The van der Waals surface area contributed by atoms with Gasteiger partial charge in [-0.05, 0) is 12.1 Å². The predicted molar refractivity (Wildman–Crippen MR) is 97.4 cm³/mol. The Bertz CT molecular complexity index is 1110. The van der Waals surface area contributed by atoms with Crippen LogP contribution in [0, 0.1) is 5.82 Å².